The molecular formula is C22H14ClN3O4. The lowest BCUT2D eigenvalue weighted by Gasteiger charge is -2.18. The quantitative estimate of drug-likeness (QED) is 0.373. The number of para-hydroxylation sites is 1. The van der Waals surface area contributed by atoms with Gasteiger partial charge >= 0.3 is 0 Å². The number of benzene rings is 3. The molecule has 0 fully saturated rings. The number of phenolic OH excluding ortho intramolecular Hbond substituents is 1. The number of amides is 1. The van der Waals surface area contributed by atoms with Gasteiger partial charge < -0.3 is 5.11 Å². The minimum Gasteiger partial charge on any atom is -0.508 e. The van der Waals surface area contributed by atoms with E-state index in [9.17, 15) is 20.0 Å². The molecule has 0 saturated carbocycles. The zero-order valence-corrected chi connectivity index (χ0v) is 16.2. The van der Waals surface area contributed by atoms with Crippen LogP contribution in [0, 0.1) is 10.1 Å². The van der Waals surface area contributed by atoms with E-state index in [4.69, 9.17) is 11.6 Å². The number of hydrogen-bond acceptors (Lipinski definition) is 5. The van der Waals surface area contributed by atoms with Crippen LogP contribution >= 0.6 is 11.6 Å². The average molecular weight is 420 g/mol. The van der Waals surface area contributed by atoms with Crippen molar-refractivity contribution in [1.82, 2.24) is 0 Å². The number of anilines is 1. The summed E-state index contributed by atoms with van der Waals surface area (Å²) >= 11 is 5.98. The normalized spacial score (nSPS) is 14.8. The fraction of sp³-hybridized carbons (Fsp3) is 0. The van der Waals surface area contributed by atoms with Crippen molar-refractivity contribution in [1.29, 1.82) is 0 Å². The molecule has 0 radical (unpaired) electrons. The fourth-order valence-corrected chi connectivity index (χ4v) is 3.20. The van der Waals surface area contributed by atoms with Crippen molar-refractivity contribution in [3.8, 4) is 5.75 Å². The molecule has 7 nitrogen and oxygen atoms in total. The van der Waals surface area contributed by atoms with Gasteiger partial charge in [0.1, 0.15) is 17.3 Å². The molecule has 30 heavy (non-hydrogen) atoms. The second-order valence-corrected chi connectivity index (χ2v) is 6.88. The molecule has 0 unspecified atom stereocenters. The highest BCUT2D eigenvalue weighted by atomic mass is 35.5. The molecule has 0 spiro atoms. The average Bonchev–Trinajstić information content (AvgIpc) is 3.05. The Morgan fingerprint density at radius 1 is 1.00 bits per heavy atom. The Balaban J connectivity index is 1.85. The van der Waals surface area contributed by atoms with Crippen LogP contribution in [-0.4, -0.2) is 21.8 Å². The van der Waals surface area contributed by atoms with Gasteiger partial charge in [-0.05, 0) is 60.7 Å². The summed E-state index contributed by atoms with van der Waals surface area (Å²) < 4.78 is 0. The Hall–Kier alpha value is -3.97. The maximum atomic E-state index is 13.2. The van der Waals surface area contributed by atoms with Gasteiger partial charge in [-0.2, -0.15) is 0 Å². The first kappa shape index (κ1) is 19.4. The van der Waals surface area contributed by atoms with Crippen molar-refractivity contribution in [2.75, 3.05) is 4.90 Å². The molecule has 3 aromatic rings. The van der Waals surface area contributed by atoms with Gasteiger partial charge in [0, 0.05) is 16.7 Å². The van der Waals surface area contributed by atoms with Crippen LogP contribution in [0.4, 0.5) is 11.4 Å². The zero-order valence-electron chi connectivity index (χ0n) is 15.4. The van der Waals surface area contributed by atoms with Gasteiger partial charge in [-0.1, -0.05) is 23.7 Å². The van der Waals surface area contributed by atoms with Gasteiger partial charge in [0.2, 0.25) is 0 Å². The number of carbonyl (C=O) groups excluding carboxylic acids is 1. The third-order valence-electron chi connectivity index (χ3n) is 4.50. The smallest absolute Gasteiger partial charge is 0.282 e. The number of nitrogens with zero attached hydrogens (tertiary/aromatic N) is 3. The van der Waals surface area contributed by atoms with Crippen molar-refractivity contribution in [2.45, 2.75) is 0 Å². The zero-order chi connectivity index (χ0) is 21.3. The Labute approximate surface area is 176 Å². The number of phenols is 1. The van der Waals surface area contributed by atoms with E-state index in [0.29, 0.717) is 22.1 Å². The van der Waals surface area contributed by atoms with Gasteiger partial charge in [0.15, 0.2) is 0 Å². The molecule has 1 amide bonds. The first-order valence-corrected chi connectivity index (χ1v) is 9.25. The summed E-state index contributed by atoms with van der Waals surface area (Å²) in [6.45, 7) is 0. The second-order valence-electron chi connectivity index (χ2n) is 6.44. The number of aliphatic imine (C=N–C) groups is 1. The SMILES string of the molecule is O=C1/C(=C\c2ccccc2[N+](=O)[O-])N=C(c2ccc(Cl)cc2)N1c1ccc(O)cc1. The van der Waals surface area contributed by atoms with E-state index >= 15 is 0 Å². The molecule has 3 aromatic carbocycles. The van der Waals surface area contributed by atoms with Crippen molar-refractivity contribution in [3.05, 3.63) is 105 Å². The van der Waals surface area contributed by atoms with Gasteiger partial charge in [-0.3, -0.25) is 19.8 Å². The lowest BCUT2D eigenvalue weighted by atomic mass is 10.1. The first-order valence-electron chi connectivity index (χ1n) is 8.87. The van der Waals surface area contributed by atoms with Crippen LogP contribution in [0.2, 0.25) is 5.02 Å². The first-order chi connectivity index (χ1) is 14.4. The van der Waals surface area contributed by atoms with E-state index in [1.54, 1.807) is 54.6 Å². The van der Waals surface area contributed by atoms with Crippen molar-refractivity contribution in [3.63, 3.8) is 0 Å². The summed E-state index contributed by atoms with van der Waals surface area (Å²) in [6.07, 6.45) is 1.40. The van der Waals surface area contributed by atoms with E-state index in [-0.39, 0.29) is 22.7 Å². The summed E-state index contributed by atoms with van der Waals surface area (Å²) in [4.78, 5) is 29.9. The largest absolute Gasteiger partial charge is 0.508 e. The van der Waals surface area contributed by atoms with Crippen LogP contribution in [0.25, 0.3) is 6.08 Å². The summed E-state index contributed by atoms with van der Waals surface area (Å²) in [5.74, 6) is -0.0259. The number of halogens is 1. The van der Waals surface area contributed by atoms with Crippen LogP contribution in [0.3, 0.4) is 0 Å². The van der Waals surface area contributed by atoms with Crippen LogP contribution < -0.4 is 4.90 Å². The monoisotopic (exact) mass is 419 g/mol. The maximum absolute atomic E-state index is 13.2. The third-order valence-corrected chi connectivity index (χ3v) is 4.75. The van der Waals surface area contributed by atoms with Gasteiger partial charge in [0.25, 0.3) is 11.6 Å². The van der Waals surface area contributed by atoms with Crippen molar-refractivity contribution in [2.24, 2.45) is 4.99 Å². The summed E-state index contributed by atoms with van der Waals surface area (Å²) in [5, 5.41) is 21.4. The lowest BCUT2D eigenvalue weighted by molar-refractivity contribution is -0.385. The highest BCUT2D eigenvalue weighted by molar-refractivity contribution is 6.34. The highest BCUT2D eigenvalue weighted by Crippen LogP contribution is 2.30. The second kappa shape index (κ2) is 7.81. The van der Waals surface area contributed by atoms with Gasteiger partial charge in [-0.25, -0.2) is 4.99 Å². The van der Waals surface area contributed by atoms with Crippen LogP contribution in [0.1, 0.15) is 11.1 Å². The minimum absolute atomic E-state index is 0.0577. The Morgan fingerprint density at radius 3 is 2.33 bits per heavy atom. The maximum Gasteiger partial charge on any atom is 0.282 e. The summed E-state index contributed by atoms with van der Waals surface area (Å²) in [7, 11) is 0. The van der Waals surface area contributed by atoms with E-state index in [2.05, 4.69) is 4.99 Å². The number of nitro groups is 1. The fourth-order valence-electron chi connectivity index (χ4n) is 3.07. The van der Waals surface area contributed by atoms with E-state index < -0.39 is 10.8 Å². The van der Waals surface area contributed by atoms with E-state index in [1.807, 2.05) is 0 Å². The molecule has 8 heteroatoms. The van der Waals surface area contributed by atoms with E-state index in [0.717, 1.165) is 0 Å². The van der Waals surface area contributed by atoms with E-state index in [1.165, 1.54) is 29.2 Å². The molecule has 1 aliphatic rings. The standard InChI is InChI=1S/C22H14ClN3O4/c23-16-7-5-14(6-8-16)21-24-19(13-15-3-1-2-4-20(15)26(29)30)22(28)25(21)17-9-11-18(27)12-10-17/h1-13,27H/b19-13+. The molecule has 0 aliphatic carbocycles. The molecule has 0 bridgehead atoms. The van der Waals surface area contributed by atoms with Crippen LogP contribution in [0.15, 0.2) is 83.5 Å². The summed E-state index contributed by atoms with van der Waals surface area (Å²) in [5.41, 5.74) is 1.35. The van der Waals surface area contributed by atoms with Crippen molar-refractivity contribution < 1.29 is 14.8 Å². The highest BCUT2D eigenvalue weighted by Gasteiger charge is 2.33. The number of carbonyl (C=O) groups is 1. The summed E-state index contributed by atoms with van der Waals surface area (Å²) in [6, 6.07) is 19.1. The topological polar surface area (TPSA) is 96.0 Å². The molecule has 4 rings (SSSR count). The Bertz CT molecular complexity index is 1200. The molecule has 0 atom stereocenters. The number of hydrogen-bond donors (Lipinski definition) is 1. The Kier molecular flexibility index (Phi) is 5.04. The number of aromatic hydroxyl groups is 1. The minimum atomic E-state index is -0.507. The Morgan fingerprint density at radius 2 is 1.67 bits per heavy atom. The predicted octanol–water partition coefficient (Wildman–Crippen LogP) is 4.79. The lowest BCUT2D eigenvalue weighted by Crippen LogP contribution is -2.32. The third kappa shape index (κ3) is 3.66. The van der Waals surface area contributed by atoms with Crippen molar-refractivity contribution >= 4 is 40.8 Å². The molecule has 0 aromatic heterocycles. The molecule has 148 valence electrons. The molecular weight excluding hydrogens is 406 g/mol. The molecule has 1 N–H and O–H groups in total. The molecule has 0 saturated heterocycles. The molecule has 1 heterocycles. The van der Waals surface area contributed by atoms with Crippen LogP contribution in [0.5, 0.6) is 5.75 Å². The predicted molar refractivity (Wildman–Crippen MR) is 115 cm³/mol. The number of amidine groups is 1. The van der Waals surface area contributed by atoms with Gasteiger partial charge in [0.05, 0.1) is 16.2 Å². The number of nitro benzene ring substituents is 1. The number of rotatable bonds is 4. The van der Waals surface area contributed by atoms with Gasteiger partial charge in [-0.15, -0.1) is 0 Å². The van der Waals surface area contributed by atoms with Crippen LogP contribution in [-0.2, 0) is 4.79 Å². The molecule has 1 aliphatic heterocycles.